The molecule has 0 atom stereocenters. The molecule has 2 aromatic heterocycles. The molecule has 16 heavy (non-hydrogen) atoms. The number of hydrogen-bond donors (Lipinski definition) is 1. The third-order valence-electron chi connectivity index (χ3n) is 2.39. The zero-order valence-corrected chi connectivity index (χ0v) is 9.33. The van der Waals surface area contributed by atoms with Gasteiger partial charge in [-0.05, 0) is 35.8 Å². The first-order chi connectivity index (χ1) is 7.93. The minimum atomic E-state index is 0.694. The van der Waals surface area contributed by atoms with Gasteiger partial charge >= 0.3 is 0 Å². The average molecular weight is 230 g/mol. The van der Waals surface area contributed by atoms with Gasteiger partial charge in [0.1, 0.15) is 10.8 Å². The van der Waals surface area contributed by atoms with E-state index in [1.807, 2.05) is 30.3 Å². The highest BCUT2D eigenvalue weighted by molar-refractivity contribution is 7.11. The van der Waals surface area contributed by atoms with Gasteiger partial charge < -0.3 is 9.73 Å². The van der Waals surface area contributed by atoms with Crippen molar-refractivity contribution >= 4 is 27.4 Å². The monoisotopic (exact) mass is 230 g/mol. The average Bonchev–Trinajstić information content (AvgIpc) is 2.96. The largest absolute Gasteiger partial charge is 0.467 e. The Morgan fingerprint density at radius 2 is 2.12 bits per heavy atom. The van der Waals surface area contributed by atoms with Crippen LogP contribution < -0.4 is 5.32 Å². The predicted molar refractivity (Wildman–Crippen MR) is 65.7 cm³/mol. The van der Waals surface area contributed by atoms with Crippen LogP contribution >= 0.6 is 11.5 Å². The number of furan rings is 1. The minimum Gasteiger partial charge on any atom is -0.467 e. The molecule has 0 saturated heterocycles. The van der Waals surface area contributed by atoms with Crippen LogP contribution in [0, 0.1) is 0 Å². The van der Waals surface area contributed by atoms with Crippen molar-refractivity contribution in [1.82, 2.24) is 4.37 Å². The molecule has 0 amide bonds. The van der Waals surface area contributed by atoms with Crippen molar-refractivity contribution < 1.29 is 4.42 Å². The zero-order valence-electron chi connectivity index (χ0n) is 8.51. The molecule has 0 radical (unpaired) electrons. The van der Waals surface area contributed by atoms with E-state index in [1.165, 1.54) is 16.9 Å². The lowest BCUT2D eigenvalue weighted by Gasteiger charge is -2.00. The van der Waals surface area contributed by atoms with Gasteiger partial charge in [0.25, 0.3) is 0 Å². The highest BCUT2D eigenvalue weighted by Gasteiger charge is 2.04. The number of nitrogens with one attached hydrogen (secondary N) is 1. The number of fused-ring (bicyclic) bond motifs is 1. The van der Waals surface area contributed by atoms with Crippen LogP contribution in [0.4, 0.5) is 5.00 Å². The molecule has 1 aromatic carbocycles. The van der Waals surface area contributed by atoms with E-state index >= 15 is 0 Å². The molecule has 2 heterocycles. The Hall–Kier alpha value is -1.81. The maximum atomic E-state index is 5.27. The van der Waals surface area contributed by atoms with Crippen molar-refractivity contribution in [2.24, 2.45) is 0 Å². The molecular weight excluding hydrogens is 220 g/mol. The summed E-state index contributed by atoms with van der Waals surface area (Å²) in [4.78, 5) is 0. The zero-order chi connectivity index (χ0) is 10.8. The molecule has 0 fully saturated rings. The number of hydrogen-bond acceptors (Lipinski definition) is 4. The fraction of sp³-hybridized carbons (Fsp3) is 0.0833. The summed E-state index contributed by atoms with van der Waals surface area (Å²) in [5, 5.41) is 5.59. The summed E-state index contributed by atoms with van der Waals surface area (Å²) in [6.45, 7) is 0.694. The van der Waals surface area contributed by atoms with Crippen LogP contribution in [0.25, 0.3) is 10.9 Å². The first-order valence-corrected chi connectivity index (χ1v) is 5.81. The van der Waals surface area contributed by atoms with Crippen LogP contribution in [0.15, 0.2) is 47.1 Å². The lowest BCUT2D eigenvalue weighted by Crippen LogP contribution is -1.95. The molecule has 0 bridgehead atoms. The van der Waals surface area contributed by atoms with Crippen LogP contribution in [0.3, 0.4) is 0 Å². The summed E-state index contributed by atoms with van der Waals surface area (Å²) in [6, 6.07) is 12.0. The molecule has 0 saturated carbocycles. The molecular formula is C12H10N2OS. The third kappa shape index (κ3) is 1.67. The molecule has 3 rings (SSSR count). The third-order valence-corrected chi connectivity index (χ3v) is 3.22. The molecule has 4 heteroatoms. The van der Waals surface area contributed by atoms with Gasteiger partial charge in [-0.2, -0.15) is 4.37 Å². The molecule has 0 aliphatic carbocycles. The Bertz CT molecular complexity index is 586. The van der Waals surface area contributed by atoms with Crippen LogP contribution in [-0.4, -0.2) is 4.37 Å². The normalized spacial score (nSPS) is 10.8. The second kappa shape index (κ2) is 3.98. The maximum absolute atomic E-state index is 5.27. The van der Waals surface area contributed by atoms with Crippen molar-refractivity contribution in [3.8, 4) is 0 Å². The van der Waals surface area contributed by atoms with Gasteiger partial charge in [0.2, 0.25) is 0 Å². The second-order valence-electron chi connectivity index (χ2n) is 3.46. The first-order valence-electron chi connectivity index (χ1n) is 5.04. The van der Waals surface area contributed by atoms with E-state index < -0.39 is 0 Å². The van der Waals surface area contributed by atoms with Gasteiger partial charge in [0.05, 0.1) is 18.3 Å². The van der Waals surface area contributed by atoms with E-state index in [1.54, 1.807) is 6.26 Å². The molecule has 3 aromatic rings. The number of benzene rings is 1. The van der Waals surface area contributed by atoms with E-state index in [0.717, 1.165) is 16.3 Å². The highest BCUT2D eigenvalue weighted by atomic mass is 32.1. The number of anilines is 1. The van der Waals surface area contributed by atoms with Gasteiger partial charge in [0, 0.05) is 5.39 Å². The van der Waals surface area contributed by atoms with E-state index in [0.29, 0.717) is 6.54 Å². The van der Waals surface area contributed by atoms with Gasteiger partial charge in [0.15, 0.2) is 0 Å². The molecule has 0 spiro atoms. The molecule has 80 valence electrons. The second-order valence-corrected chi connectivity index (χ2v) is 4.24. The maximum Gasteiger partial charge on any atom is 0.122 e. The molecule has 0 unspecified atom stereocenters. The van der Waals surface area contributed by atoms with Crippen molar-refractivity contribution in [3.05, 3.63) is 48.4 Å². The van der Waals surface area contributed by atoms with E-state index in [2.05, 4.69) is 15.8 Å². The van der Waals surface area contributed by atoms with Crippen molar-refractivity contribution in [2.45, 2.75) is 6.54 Å². The van der Waals surface area contributed by atoms with Gasteiger partial charge in [-0.25, -0.2) is 0 Å². The number of nitrogens with zero attached hydrogens (tertiary/aromatic N) is 1. The van der Waals surface area contributed by atoms with Crippen molar-refractivity contribution in [2.75, 3.05) is 5.32 Å². The van der Waals surface area contributed by atoms with Crippen LogP contribution in [-0.2, 0) is 6.54 Å². The lowest BCUT2D eigenvalue weighted by atomic mass is 10.2. The van der Waals surface area contributed by atoms with E-state index in [-0.39, 0.29) is 0 Å². The van der Waals surface area contributed by atoms with Gasteiger partial charge in [-0.1, -0.05) is 12.1 Å². The van der Waals surface area contributed by atoms with Gasteiger partial charge in [-0.3, -0.25) is 0 Å². The van der Waals surface area contributed by atoms with Crippen LogP contribution in [0.2, 0.25) is 0 Å². The van der Waals surface area contributed by atoms with Crippen molar-refractivity contribution in [3.63, 3.8) is 0 Å². The molecule has 0 aliphatic heterocycles. The quantitative estimate of drug-likeness (QED) is 0.748. The topological polar surface area (TPSA) is 38.1 Å². The fourth-order valence-corrected chi connectivity index (χ4v) is 2.35. The Morgan fingerprint density at radius 3 is 3.00 bits per heavy atom. The number of rotatable bonds is 3. The van der Waals surface area contributed by atoms with Gasteiger partial charge in [-0.15, -0.1) is 0 Å². The summed E-state index contributed by atoms with van der Waals surface area (Å²) in [7, 11) is 0. The summed E-state index contributed by atoms with van der Waals surface area (Å²) in [5.74, 6) is 0.928. The molecule has 0 aliphatic rings. The number of aromatic nitrogens is 1. The van der Waals surface area contributed by atoms with Crippen LogP contribution in [0.5, 0.6) is 0 Å². The Morgan fingerprint density at radius 1 is 1.19 bits per heavy atom. The van der Waals surface area contributed by atoms with Crippen LogP contribution in [0.1, 0.15) is 5.76 Å². The standard InChI is InChI=1S/C12H10N2OS/c1-2-6-11-10(5-1)12(16-14-11)13-8-9-4-3-7-15-9/h1-7,13H,8H2. The van der Waals surface area contributed by atoms with E-state index in [9.17, 15) is 0 Å². The fourth-order valence-electron chi connectivity index (χ4n) is 1.60. The Labute approximate surface area is 96.9 Å². The molecule has 3 nitrogen and oxygen atoms in total. The summed E-state index contributed by atoms with van der Waals surface area (Å²) in [5.41, 5.74) is 1.04. The highest BCUT2D eigenvalue weighted by Crippen LogP contribution is 2.27. The predicted octanol–water partition coefficient (Wildman–Crippen LogP) is 3.50. The smallest absolute Gasteiger partial charge is 0.122 e. The summed E-state index contributed by atoms with van der Waals surface area (Å²) in [6.07, 6.45) is 1.68. The first kappa shape index (κ1) is 9.42. The Balaban J connectivity index is 1.84. The molecule has 1 N–H and O–H groups in total. The van der Waals surface area contributed by atoms with E-state index in [4.69, 9.17) is 4.42 Å². The minimum absolute atomic E-state index is 0.694. The summed E-state index contributed by atoms with van der Waals surface area (Å²) < 4.78 is 9.63. The summed E-state index contributed by atoms with van der Waals surface area (Å²) >= 11 is 1.48. The lowest BCUT2D eigenvalue weighted by molar-refractivity contribution is 0.518. The Kier molecular flexibility index (Phi) is 2.34. The van der Waals surface area contributed by atoms with Crippen molar-refractivity contribution in [1.29, 1.82) is 0 Å². The SMILES string of the molecule is c1coc(CNc2snc3ccccc23)c1.